The summed E-state index contributed by atoms with van der Waals surface area (Å²) in [6.07, 6.45) is 0. The van der Waals surface area contributed by atoms with Gasteiger partial charge in [0.05, 0.1) is 11.0 Å². The molecule has 0 N–H and O–H groups in total. The number of alkyl halides is 2. The van der Waals surface area contributed by atoms with Crippen LogP contribution in [0.4, 0.5) is 14.5 Å². The van der Waals surface area contributed by atoms with Crippen LogP contribution in [0.3, 0.4) is 0 Å². The highest BCUT2D eigenvalue weighted by atomic mass is 19.3. The minimum Gasteiger partial charge on any atom is -0.375 e. The Morgan fingerprint density at radius 2 is 1.86 bits per heavy atom. The highest BCUT2D eigenvalue weighted by molar-refractivity contribution is 5.81. The van der Waals surface area contributed by atoms with Crippen molar-refractivity contribution >= 4 is 22.6 Å². The maximum absolute atomic E-state index is 13.8. The normalized spacial score (nSPS) is 14.8. The molecule has 29 heavy (non-hydrogen) atoms. The van der Waals surface area contributed by atoms with E-state index in [1.165, 1.54) is 7.11 Å². The zero-order valence-corrected chi connectivity index (χ0v) is 16.1. The molecular formula is C21H22F2N4O2. The van der Waals surface area contributed by atoms with Crippen molar-refractivity contribution in [2.45, 2.75) is 6.55 Å². The van der Waals surface area contributed by atoms with E-state index >= 15 is 0 Å². The Kier molecular flexibility index (Phi) is 5.44. The first kappa shape index (κ1) is 19.3. The van der Waals surface area contributed by atoms with Crippen molar-refractivity contribution < 1.29 is 18.3 Å². The van der Waals surface area contributed by atoms with Crippen molar-refractivity contribution in [3.05, 3.63) is 48.5 Å². The molecule has 1 fully saturated rings. The molecule has 1 saturated heterocycles. The summed E-state index contributed by atoms with van der Waals surface area (Å²) in [4.78, 5) is 20.3. The average molecular weight is 400 g/mol. The molecule has 0 unspecified atom stereocenters. The van der Waals surface area contributed by atoms with E-state index in [1.807, 2.05) is 18.2 Å². The first-order valence-corrected chi connectivity index (χ1v) is 9.45. The summed E-state index contributed by atoms with van der Waals surface area (Å²) in [6.45, 7) is -0.0613. The number of fused-ring (bicyclic) bond motifs is 1. The molecule has 3 aromatic rings. The fourth-order valence-corrected chi connectivity index (χ4v) is 3.72. The first-order chi connectivity index (χ1) is 14.1. The van der Waals surface area contributed by atoms with E-state index in [9.17, 15) is 13.6 Å². The van der Waals surface area contributed by atoms with Crippen molar-refractivity contribution in [3.8, 4) is 11.4 Å². The second kappa shape index (κ2) is 8.16. The number of para-hydroxylation sites is 2. The zero-order valence-electron chi connectivity index (χ0n) is 16.1. The Morgan fingerprint density at radius 3 is 2.59 bits per heavy atom. The first-order valence-electron chi connectivity index (χ1n) is 9.45. The van der Waals surface area contributed by atoms with Crippen LogP contribution in [0.2, 0.25) is 0 Å². The predicted octanol–water partition coefficient (Wildman–Crippen LogP) is 3.39. The van der Waals surface area contributed by atoms with Crippen LogP contribution in [0.1, 0.15) is 6.55 Å². The maximum Gasteiger partial charge on any atom is 0.320 e. The lowest BCUT2D eigenvalue weighted by atomic mass is 10.1. The van der Waals surface area contributed by atoms with Gasteiger partial charge in [0.2, 0.25) is 5.91 Å². The number of hydrogen-bond donors (Lipinski definition) is 0. The molecule has 0 atom stereocenters. The smallest absolute Gasteiger partial charge is 0.320 e. The molecule has 8 heteroatoms. The summed E-state index contributed by atoms with van der Waals surface area (Å²) < 4.78 is 33.4. The molecule has 0 radical (unpaired) electrons. The van der Waals surface area contributed by atoms with E-state index in [0.29, 0.717) is 42.8 Å². The van der Waals surface area contributed by atoms with Crippen LogP contribution in [0.5, 0.6) is 0 Å². The molecule has 1 aromatic heterocycles. The Balaban J connectivity index is 1.60. The fourth-order valence-electron chi connectivity index (χ4n) is 3.72. The van der Waals surface area contributed by atoms with Gasteiger partial charge < -0.3 is 14.5 Å². The molecule has 1 aliphatic rings. The van der Waals surface area contributed by atoms with E-state index in [0.717, 1.165) is 10.3 Å². The minimum absolute atomic E-state index is 0.0217. The second-order valence-electron chi connectivity index (χ2n) is 6.92. The average Bonchev–Trinajstić information content (AvgIpc) is 3.14. The van der Waals surface area contributed by atoms with Gasteiger partial charge in [-0.2, -0.15) is 8.78 Å². The van der Waals surface area contributed by atoms with Gasteiger partial charge in [0.1, 0.15) is 12.4 Å². The van der Waals surface area contributed by atoms with Crippen LogP contribution in [-0.4, -0.2) is 60.3 Å². The van der Waals surface area contributed by atoms with Crippen LogP contribution < -0.4 is 4.90 Å². The van der Waals surface area contributed by atoms with Gasteiger partial charge in [-0.1, -0.05) is 24.3 Å². The SMILES string of the molecule is COCC(=O)N1CCN(c2cccc(-c3nc4ccccc4n3C(F)F)c2)CC1. The molecule has 2 aromatic carbocycles. The summed E-state index contributed by atoms with van der Waals surface area (Å²) in [5.74, 6) is 0.225. The monoisotopic (exact) mass is 400 g/mol. The van der Waals surface area contributed by atoms with Gasteiger partial charge in [-0.25, -0.2) is 4.98 Å². The van der Waals surface area contributed by atoms with Crippen molar-refractivity contribution in [3.63, 3.8) is 0 Å². The number of aromatic nitrogens is 2. The van der Waals surface area contributed by atoms with Gasteiger partial charge in [-0.05, 0) is 24.3 Å². The number of rotatable bonds is 5. The van der Waals surface area contributed by atoms with E-state index in [1.54, 1.807) is 35.2 Å². The molecule has 0 bridgehead atoms. The molecule has 152 valence electrons. The molecule has 2 heterocycles. The number of piperazine rings is 1. The third kappa shape index (κ3) is 3.80. The van der Waals surface area contributed by atoms with Crippen LogP contribution in [0.25, 0.3) is 22.4 Å². The van der Waals surface area contributed by atoms with E-state index < -0.39 is 6.55 Å². The number of imidazole rings is 1. The Labute approximate surface area is 167 Å². The Hall–Kier alpha value is -3.00. The second-order valence-corrected chi connectivity index (χ2v) is 6.92. The van der Waals surface area contributed by atoms with Crippen molar-refractivity contribution in [2.24, 2.45) is 0 Å². The standard InChI is InChI=1S/C21H22F2N4O2/c1-29-14-19(28)26-11-9-25(10-12-26)16-6-4-5-15(13-16)20-24-17-7-2-3-8-18(17)27(20)21(22)23/h2-8,13,21H,9-12,14H2,1H3. The Bertz CT molecular complexity index is 1010. The van der Waals surface area contributed by atoms with Gasteiger partial charge in [-0.15, -0.1) is 0 Å². The number of carbonyl (C=O) groups excluding carboxylic acids is 1. The number of halogens is 2. The largest absolute Gasteiger partial charge is 0.375 e. The van der Waals surface area contributed by atoms with Gasteiger partial charge in [0.25, 0.3) is 0 Å². The number of nitrogens with zero attached hydrogens (tertiary/aromatic N) is 4. The van der Waals surface area contributed by atoms with Crippen molar-refractivity contribution in [1.82, 2.24) is 14.5 Å². The molecule has 6 nitrogen and oxygen atoms in total. The number of benzene rings is 2. The van der Waals surface area contributed by atoms with Crippen LogP contribution >= 0.6 is 0 Å². The molecule has 0 spiro atoms. The lowest BCUT2D eigenvalue weighted by molar-refractivity contribution is -0.135. The number of ether oxygens (including phenoxy) is 1. The van der Waals surface area contributed by atoms with Crippen molar-refractivity contribution in [1.29, 1.82) is 0 Å². The molecule has 4 rings (SSSR count). The summed E-state index contributed by atoms with van der Waals surface area (Å²) in [5, 5.41) is 0. The van der Waals surface area contributed by atoms with Crippen molar-refractivity contribution in [2.75, 3.05) is 44.8 Å². The van der Waals surface area contributed by atoms with Gasteiger partial charge in [-0.3, -0.25) is 9.36 Å². The van der Waals surface area contributed by atoms with Crippen LogP contribution in [0.15, 0.2) is 48.5 Å². The minimum atomic E-state index is -2.68. The van der Waals surface area contributed by atoms with E-state index in [4.69, 9.17) is 4.74 Å². The molecule has 0 aliphatic carbocycles. The summed E-state index contributed by atoms with van der Waals surface area (Å²) in [7, 11) is 1.51. The van der Waals surface area contributed by atoms with Gasteiger partial charge >= 0.3 is 6.55 Å². The third-order valence-corrected chi connectivity index (χ3v) is 5.16. The van der Waals surface area contributed by atoms with E-state index in [-0.39, 0.29) is 18.3 Å². The summed E-state index contributed by atoms with van der Waals surface area (Å²) in [6, 6.07) is 14.4. The lowest BCUT2D eigenvalue weighted by Gasteiger charge is -2.36. The fraction of sp³-hybridized carbons (Fsp3) is 0.333. The van der Waals surface area contributed by atoms with Gasteiger partial charge in [0, 0.05) is 44.5 Å². The maximum atomic E-state index is 13.8. The van der Waals surface area contributed by atoms with E-state index in [2.05, 4.69) is 9.88 Å². The number of methoxy groups -OCH3 is 1. The topological polar surface area (TPSA) is 50.6 Å². The number of hydrogen-bond acceptors (Lipinski definition) is 4. The highest BCUT2D eigenvalue weighted by Gasteiger charge is 2.23. The quantitative estimate of drug-likeness (QED) is 0.659. The predicted molar refractivity (Wildman–Crippen MR) is 107 cm³/mol. The van der Waals surface area contributed by atoms with Crippen LogP contribution in [0, 0.1) is 0 Å². The number of carbonyl (C=O) groups is 1. The molecule has 1 amide bonds. The highest BCUT2D eigenvalue weighted by Crippen LogP contribution is 2.31. The third-order valence-electron chi connectivity index (χ3n) is 5.16. The molecule has 0 saturated carbocycles. The molecule has 1 aliphatic heterocycles. The molecular weight excluding hydrogens is 378 g/mol. The zero-order chi connectivity index (χ0) is 20.4. The lowest BCUT2D eigenvalue weighted by Crippen LogP contribution is -2.49. The van der Waals surface area contributed by atoms with Crippen LogP contribution in [-0.2, 0) is 9.53 Å². The summed E-state index contributed by atoms with van der Waals surface area (Å²) >= 11 is 0. The van der Waals surface area contributed by atoms with Gasteiger partial charge in [0.15, 0.2) is 0 Å². The number of amides is 1. The summed E-state index contributed by atoms with van der Waals surface area (Å²) in [5.41, 5.74) is 2.51. The number of anilines is 1. The Morgan fingerprint density at radius 1 is 1.10 bits per heavy atom.